The van der Waals surface area contributed by atoms with E-state index in [9.17, 15) is 24.3 Å². The van der Waals surface area contributed by atoms with Gasteiger partial charge < -0.3 is 35.3 Å². The number of likely N-dealkylation sites (N-methyl/N-ethyl adjacent to an activating group) is 1. The number of fused-ring (bicyclic) bond motifs is 2. The van der Waals surface area contributed by atoms with Crippen LogP contribution in [-0.4, -0.2) is 86.3 Å². The van der Waals surface area contributed by atoms with Crippen LogP contribution in [0.4, 0.5) is 4.79 Å². The van der Waals surface area contributed by atoms with Crippen molar-refractivity contribution in [3.8, 4) is 0 Å². The molecule has 2 rings (SSSR count). The quantitative estimate of drug-likeness (QED) is 0.339. The fourth-order valence-corrected chi connectivity index (χ4v) is 5.06. The molecule has 0 saturated heterocycles. The van der Waals surface area contributed by atoms with E-state index in [-0.39, 0.29) is 40.7 Å². The number of primary amides is 1. The number of amides is 2. The maximum absolute atomic E-state index is 13.5. The van der Waals surface area contributed by atoms with E-state index in [0.29, 0.717) is 12.0 Å². The Kier molecular flexibility index (Phi) is 12.2. The molecule has 226 valence electrons. The van der Waals surface area contributed by atoms with Crippen LogP contribution in [0.3, 0.4) is 0 Å². The Morgan fingerprint density at radius 2 is 1.78 bits per heavy atom. The van der Waals surface area contributed by atoms with E-state index in [0.717, 1.165) is 6.08 Å². The van der Waals surface area contributed by atoms with Crippen molar-refractivity contribution >= 4 is 23.6 Å². The minimum Gasteiger partial charge on any atom is -0.439 e. The molecular formula is C30H43N3O8. The molecule has 2 bridgehead atoms. The van der Waals surface area contributed by atoms with E-state index in [1.807, 2.05) is 13.8 Å². The summed E-state index contributed by atoms with van der Waals surface area (Å²) in [7, 11) is 6.30. The summed E-state index contributed by atoms with van der Waals surface area (Å²) in [4.78, 5) is 52.8. The Labute approximate surface area is 241 Å². The smallest absolute Gasteiger partial charge is 0.405 e. The second-order valence-corrected chi connectivity index (χ2v) is 10.8. The number of ketones is 2. The maximum atomic E-state index is 13.5. The molecule has 4 N–H and O–H groups in total. The van der Waals surface area contributed by atoms with Gasteiger partial charge in [-0.25, -0.2) is 4.79 Å². The molecule has 0 aromatic rings. The van der Waals surface area contributed by atoms with E-state index >= 15 is 0 Å². The third-order valence-corrected chi connectivity index (χ3v) is 7.21. The second-order valence-electron chi connectivity index (χ2n) is 10.8. The van der Waals surface area contributed by atoms with Gasteiger partial charge in [0.1, 0.15) is 6.10 Å². The third kappa shape index (κ3) is 8.72. The van der Waals surface area contributed by atoms with Crippen molar-refractivity contribution < 1.29 is 38.5 Å². The molecule has 0 unspecified atom stereocenters. The van der Waals surface area contributed by atoms with Crippen molar-refractivity contribution in [3.05, 3.63) is 58.5 Å². The first-order valence-electron chi connectivity index (χ1n) is 13.5. The van der Waals surface area contributed by atoms with E-state index in [1.165, 1.54) is 20.3 Å². The number of carbonyl (C=O) groups excluding carboxylic acids is 4. The van der Waals surface area contributed by atoms with Gasteiger partial charge in [0.15, 0.2) is 6.10 Å². The van der Waals surface area contributed by atoms with E-state index < -0.39 is 48.1 Å². The van der Waals surface area contributed by atoms with Gasteiger partial charge in [0.2, 0.25) is 11.6 Å². The summed E-state index contributed by atoms with van der Waals surface area (Å²) in [5.74, 6) is -2.00. The molecule has 0 aromatic heterocycles. The molecule has 0 saturated carbocycles. The molecule has 0 spiro atoms. The van der Waals surface area contributed by atoms with Crippen LogP contribution in [0.2, 0.25) is 0 Å². The standard InChI is InChI=1S/C30H43N3O8/c1-16-12-20-25(33(5)6)22(34)15-21(27(20)36)32-29(37)17(2)10-9-11-23(39-7)28(41-30(31)38)19(4)14-18(3)26(35)24(13-16)40-8/h9-11,14-16,18,23-24,26,28,35H,12-13H2,1-8H3,(H2,31,38)(H,32,37)/t16-,18+,23+,24+,26-,28+/m1/s1. The SMILES string of the molecule is CO[C@H]1C=CC=C(C)C(=O)NC2=CC(=O)C(N(C)C)=C(C[C@@H](C)C[C@H](OC)[C@H](O)[C@@H](C)C=C(C)[C@@H]1OC(N)=O)C2=O. The van der Waals surface area contributed by atoms with E-state index in [1.54, 1.807) is 51.1 Å². The van der Waals surface area contributed by atoms with Gasteiger partial charge in [-0.3, -0.25) is 14.4 Å². The molecule has 11 nitrogen and oxygen atoms in total. The predicted molar refractivity (Wildman–Crippen MR) is 153 cm³/mol. The summed E-state index contributed by atoms with van der Waals surface area (Å²) in [6, 6.07) is 0. The average molecular weight is 574 g/mol. The third-order valence-electron chi connectivity index (χ3n) is 7.21. The molecule has 0 fully saturated rings. The topological polar surface area (TPSA) is 157 Å². The lowest BCUT2D eigenvalue weighted by Gasteiger charge is -2.30. The number of nitrogens with zero attached hydrogens (tertiary/aromatic N) is 1. The highest BCUT2D eigenvalue weighted by molar-refractivity contribution is 6.23. The Balaban J connectivity index is 2.63. The van der Waals surface area contributed by atoms with Gasteiger partial charge in [0.05, 0.1) is 23.6 Å². The Morgan fingerprint density at radius 3 is 2.34 bits per heavy atom. The Morgan fingerprint density at radius 1 is 1.12 bits per heavy atom. The largest absolute Gasteiger partial charge is 0.439 e. The molecule has 1 aliphatic heterocycles. The number of aliphatic hydroxyl groups is 1. The highest BCUT2D eigenvalue weighted by Crippen LogP contribution is 2.30. The van der Waals surface area contributed by atoms with Crippen LogP contribution in [0.15, 0.2) is 58.5 Å². The molecule has 2 aliphatic rings. The van der Waals surface area contributed by atoms with Gasteiger partial charge in [-0.05, 0) is 38.2 Å². The van der Waals surface area contributed by atoms with Gasteiger partial charge in [-0.1, -0.05) is 38.2 Å². The number of allylic oxidation sites excluding steroid dienone is 4. The number of ether oxygens (including phenoxy) is 3. The summed E-state index contributed by atoms with van der Waals surface area (Å²) in [6.45, 7) is 7.01. The zero-order valence-electron chi connectivity index (χ0n) is 25.1. The van der Waals surface area contributed by atoms with Crippen molar-refractivity contribution in [1.29, 1.82) is 0 Å². The lowest BCUT2D eigenvalue weighted by atomic mass is 9.85. The second kappa shape index (κ2) is 14.9. The van der Waals surface area contributed by atoms with Crippen molar-refractivity contribution in [2.24, 2.45) is 17.6 Å². The number of nitrogens with one attached hydrogen (secondary N) is 1. The highest BCUT2D eigenvalue weighted by atomic mass is 16.6. The number of aliphatic hydroxyl groups excluding tert-OH is 1. The maximum Gasteiger partial charge on any atom is 0.405 e. The minimum atomic E-state index is -0.996. The van der Waals surface area contributed by atoms with Crippen LogP contribution in [0, 0.1) is 11.8 Å². The van der Waals surface area contributed by atoms with Crippen molar-refractivity contribution in [3.63, 3.8) is 0 Å². The molecular weight excluding hydrogens is 530 g/mol. The van der Waals surface area contributed by atoms with Gasteiger partial charge in [0, 0.05) is 51.5 Å². The van der Waals surface area contributed by atoms with Crippen LogP contribution in [0.5, 0.6) is 0 Å². The molecule has 0 radical (unpaired) electrons. The van der Waals surface area contributed by atoms with Gasteiger partial charge in [0.25, 0.3) is 5.91 Å². The first-order chi connectivity index (χ1) is 19.2. The van der Waals surface area contributed by atoms with Gasteiger partial charge >= 0.3 is 6.09 Å². The lowest BCUT2D eigenvalue weighted by molar-refractivity contribution is -0.120. The van der Waals surface area contributed by atoms with Gasteiger partial charge in [-0.2, -0.15) is 0 Å². The minimum absolute atomic E-state index is 0.107. The van der Waals surface area contributed by atoms with Crippen molar-refractivity contribution in [1.82, 2.24) is 10.2 Å². The summed E-state index contributed by atoms with van der Waals surface area (Å²) >= 11 is 0. The number of hydrogen-bond donors (Lipinski definition) is 3. The summed E-state index contributed by atoms with van der Waals surface area (Å²) in [6.07, 6.45) is 3.93. The van der Waals surface area contributed by atoms with E-state index in [4.69, 9.17) is 19.9 Å². The fraction of sp³-hybridized carbons (Fsp3) is 0.533. The van der Waals surface area contributed by atoms with Crippen molar-refractivity contribution in [2.45, 2.75) is 65.0 Å². The Hall–Kier alpha value is -3.54. The van der Waals surface area contributed by atoms with Gasteiger partial charge in [-0.15, -0.1) is 0 Å². The van der Waals surface area contributed by atoms with Crippen molar-refractivity contribution in [2.75, 3.05) is 28.3 Å². The number of rotatable bonds is 4. The molecule has 6 atom stereocenters. The molecule has 1 aliphatic carbocycles. The summed E-state index contributed by atoms with van der Waals surface area (Å²) in [5.41, 5.74) is 6.62. The summed E-state index contributed by atoms with van der Waals surface area (Å²) in [5, 5.41) is 13.8. The highest BCUT2D eigenvalue weighted by Gasteiger charge is 2.34. The molecule has 2 amide bonds. The summed E-state index contributed by atoms with van der Waals surface area (Å²) < 4.78 is 16.6. The van der Waals surface area contributed by atoms with Crippen LogP contribution in [0.1, 0.15) is 40.5 Å². The molecule has 11 heteroatoms. The van der Waals surface area contributed by atoms with E-state index in [2.05, 4.69) is 5.32 Å². The van der Waals surface area contributed by atoms with Crippen LogP contribution >= 0.6 is 0 Å². The molecule has 1 heterocycles. The number of carbonyl (C=O) groups is 4. The monoisotopic (exact) mass is 573 g/mol. The fourth-order valence-electron chi connectivity index (χ4n) is 5.06. The zero-order valence-corrected chi connectivity index (χ0v) is 25.1. The molecule has 0 aromatic carbocycles. The Bertz CT molecular complexity index is 1180. The van der Waals surface area contributed by atoms with Crippen LogP contribution in [-0.2, 0) is 28.6 Å². The number of nitrogens with two attached hydrogens (primary N) is 1. The molecule has 41 heavy (non-hydrogen) atoms. The van der Waals surface area contributed by atoms with Crippen LogP contribution < -0.4 is 11.1 Å². The number of hydrogen-bond acceptors (Lipinski definition) is 9. The first kappa shape index (κ1) is 33.7. The first-order valence-corrected chi connectivity index (χ1v) is 13.5. The van der Waals surface area contributed by atoms with Crippen LogP contribution in [0.25, 0.3) is 0 Å². The number of methoxy groups -OCH3 is 2. The normalized spacial score (nSPS) is 28.9. The average Bonchev–Trinajstić information content (AvgIpc) is 2.89. The zero-order chi connectivity index (χ0) is 31.0. The number of Topliss-reactive ketones (excluding diaryl/α,β-unsaturated/α-hetero) is 1. The predicted octanol–water partition coefficient (Wildman–Crippen LogP) is 2.32. The lowest BCUT2D eigenvalue weighted by Crippen LogP contribution is -2.37.